The molecule has 0 aliphatic carbocycles. The molecule has 1 aliphatic heterocycles. The summed E-state index contributed by atoms with van der Waals surface area (Å²) in [6, 6.07) is 7.99. The first-order chi connectivity index (χ1) is 8.15. The monoisotopic (exact) mass is 262 g/mol. The van der Waals surface area contributed by atoms with Crippen LogP contribution in [0, 0.1) is 0 Å². The summed E-state index contributed by atoms with van der Waals surface area (Å²) in [6.45, 7) is 14.1. The average Bonchev–Trinajstić information content (AvgIpc) is 2.53. The smallest absolute Gasteiger partial charge is 0.123 e. The summed E-state index contributed by atoms with van der Waals surface area (Å²) in [6.07, 6.45) is 1.52. The van der Waals surface area contributed by atoms with Gasteiger partial charge < -0.3 is 4.74 Å². The van der Waals surface area contributed by atoms with Gasteiger partial charge in [0.15, 0.2) is 0 Å². The molecule has 18 heavy (non-hydrogen) atoms. The van der Waals surface area contributed by atoms with E-state index in [2.05, 4.69) is 58.6 Å². The molecule has 0 amide bonds. The average molecular weight is 262 g/mol. The van der Waals surface area contributed by atoms with Crippen LogP contribution in [-0.4, -0.2) is 14.2 Å². The molecule has 100 valence electrons. The molecule has 1 heterocycles. The molecule has 2 heteroatoms. The summed E-state index contributed by atoms with van der Waals surface area (Å²) in [5.41, 5.74) is 3.05. The van der Waals surface area contributed by atoms with Crippen molar-refractivity contribution >= 4 is 8.07 Å². The summed E-state index contributed by atoms with van der Waals surface area (Å²) in [5, 5.41) is 0. The Bertz CT molecular complexity index is 437. The zero-order chi connectivity index (χ0) is 13.6. The summed E-state index contributed by atoms with van der Waals surface area (Å²) in [4.78, 5) is 0. The first-order valence-electron chi connectivity index (χ1n) is 6.95. The highest BCUT2D eigenvalue weighted by atomic mass is 28.3. The van der Waals surface area contributed by atoms with E-state index in [9.17, 15) is 0 Å². The predicted molar refractivity (Wildman–Crippen MR) is 81.4 cm³/mol. The predicted octanol–water partition coefficient (Wildman–Crippen LogP) is 4.63. The minimum absolute atomic E-state index is 0.228. The first kappa shape index (κ1) is 13.7. The van der Waals surface area contributed by atoms with Gasteiger partial charge in [0.25, 0.3) is 0 Å². The third-order valence-corrected chi connectivity index (χ3v) is 5.19. The molecule has 0 spiro atoms. The van der Waals surface area contributed by atoms with Crippen molar-refractivity contribution in [2.75, 3.05) is 0 Å². The second kappa shape index (κ2) is 4.41. The molecule has 1 aromatic rings. The Morgan fingerprint density at radius 1 is 1.22 bits per heavy atom. The van der Waals surface area contributed by atoms with E-state index in [1.54, 1.807) is 0 Å². The maximum absolute atomic E-state index is 6.09. The van der Waals surface area contributed by atoms with Gasteiger partial charge in [-0.25, -0.2) is 0 Å². The third kappa shape index (κ3) is 3.17. The minimum atomic E-state index is -1.04. The maximum atomic E-state index is 6.09. The second-order valence-electron chi connectivity index (χ2n) is 7.78. The Morgan fingerprint density at radius 2 is 1.89 bits per heavy atom. The number of rotatable bonds is 2. The highest BCUT2D eigenvalue weighted by molar-refractivity contribution is 6.76. The second-order valence-corrected chi connectivity index (χ2v) is 13.3. The van der Waals surface area contributed by atoms with Crippen LogP contribution in [-0.2, 0) is 11.8 Å². The van der Waals surface area contributed by atoms with Crippen molar-refractivity contribution in [2.24, 2.45) is 0 Å². The van der Waals surface area contributed by atoms with Gasteiger partial charge in [-0.05, 0) is 28.7 Å². The number of hydrogen-bond donors (Lipinski definition) is 0. The van der Waals surface area contributed by atoms with Crippen molar-refractivity contribution in [3.05, 3.63) is 29.3 Å². The van der Waals surface area contributed by atoms with Crippen LogP contribution >= 0.6 is 0 Å². The summed E-state index contributed by atoms with van der Waals surface area (Å²) in [7, 11) is -1.04. The molecule has 0 saturated carbocycles. The SMILES string of the molecule is CC(C)(C)c1ccc2c(c1)CC(C[Si](C)(C)C)O2. The molecule has 0 radical (unpaired) electrons. The van der Waals surface area contributed by atoms with Crippen LogP contribution in [0.25, 0.3) is 0 Å². The van der Waals surface area contributed by atoms with E-state index in [4.69, 9.17) is 4.74 Å². The van der Waals surface area contributed by atoms with Crippen LogP contribution in [0.15, 0.2) is 18.2 Å². The van der Waals surface area contributed by atoms with Crippen LogP contribution in [0.1, 0.15) is 31.9 Å². The fraction of sp³-hybridized carbons (Fsp3) is 0.625. The van der Waals surface area contributed by atoms with Crippen LogP contribution in [0.3, 0.4) is 0 Å². The highest BCUT2D eigenvalue weighted by Gasteiger charge is 2.29. The molecule has 2 rings (SSSR count). The molecule has 1 aliphatic rings. The molecule has 1 aromatic carbocycles. The molecule has 0 aromatic heterocycles. The standard InChI is InChI=1S/C16H26OSi/c1-16(2,3)13-7-8-15-12(9-13)10-14(17-15)11-18(4,5)6/h7-9,14H,10-11H2,1-6H3. The Morgan fingerprint density at radius 3 is 2.44 bits per heavy atom. The van der Waals surface area contributed by atoms with Crippen molar-refractivity contribution in [1.29, 1.82) is 0 Å². The van der Waals surface area contributed by atoms with E-state index >= 15 is 0 Å². The van der Waals surface area contributed by atoms with Gasteiger partial charge in [0, 0.05) is 14.5 Å². The molecule has 0 saturated heterocycles. The lowest BCUT2D eigenvalue weighted by Crippen LogP contribution is -2.29. The van der Waals surface area contributed by atoms with Crippen LogP contribution < -0.4 is 4.74 Å². The highest BCUT2D eigenvalue weighted by Crippen LogP contribution is 2.35. The van der Waals surface area contributed by atoms with Crippen LogP contribution in [0.2, 0.25) is 25.7 Å². The number of hydrogen-bond acceptors (Lipinski definition) is 1. The Hall–Kier alpha value is -0.763. The normalized spacial score (nSPS) is 19.6. The van der Waals surface area contributed by atoms with E-state index in [0.29, 0.717) is 6.10 Å². The van der Waals surface area contributed by atoms with Crippen molar-refractivity contribution < 1.29 is 4.74 Å². The quantitative estimate of drug-likeness (QED) is 0.706. The Balaban J connectivity index is 2.16. The van der Waals surface area contributed by atoms with Crippen molar-refractivity contribution in [1.82, 2.24) is 0 Å². The third-order valence-electron chi connectivity index (χ3n) is 3.51. The molecule has 1 nitrogen and oxygen atoms in total. The van der Waals surface area contributed by atoms with Gasteiger partial charge in [-0.2, -0.15) is 0 Å². The maximum Gasteiger partial charge on any atom is 0.123 e. The molecule has 1 atom stereocenters. The zero-order valence-electron chi connectivity index (χ0n) is 12.6. The lowest BCUT2D eigenvalue weighted by atomic mass is 9.86. The fourth-order valence-corrected chi connectivity index (χ4v) is 4.18. The van der Waals surface area contributed by atoms with E-state index < -0.39 is 8.07 Å². The first-order valence-corrected chi connectivity index (χ1v) is 10.7. The van der Waals surface area contributed by atoms with Gasteiger partial charge in [-0.15, -0.1) is 0 Å². The Labute approximate surface area is 113 Å². The van der Waals surface area contributed by atoms with Gasteiger partial charge >= 0.3 is 0 Å². The Kier molecular flexibility index (Phi) is 3.35. The number of fused-ring (bicyclic) bond motifs is 1. The van der Waals surface area contributed by atoms with Gasteiger partial charge in [0.05, 0.1) is 0 Å². The largest absolute Gasteiger partial charge is 0.490 e. The summed E-state index contributed by atoms with van der Waals surface area (Å²) < 4.78 is 6.09. The van der Waals surface area contributed by atoms with E-state index in [1.165, 1.54) is 17.2 Å². The molecular weight excluding hydrogens is 236 g/mol. The summed E-state index contributed by atoms with van der Waals surface area (Å²) >= 11 is 0. The zero-order valence-corrected chi connectivity index (χ0v) is 13.6. The lowest BCUT2D eigenvalue weighted by Gasteiger charge is -2.20. The molecule has 0 fully saturated rings. The van der Waals surface area contributed by atoms with Crippen molar-refractivity contribution in [3.63, 3.8) is 0 Å². The summed E-state index contributed by atoms with van der Waals surface area (Å²) in [5.74, 6) is 1.12. The topological polar surface area (TPSA) is 9.23 Å². The van der Waals surface area contributed by atoms with Crippen LogP contribution in [0.5, 0.6) is 5.75 Å². The van der Waals surface area contributed by atoms with Gasteiger partial charge in [-0.3, -0.25) is 0 Å². The van der Waals surface area contributed by atoms with Gasteiger partial charge in [0.2, 0.25) is 0 Å². The van der Waals surface area contributed by atoms with E-state index in [-0.39, 0.29) is 5.41 Å². The van der Waals surface area contributed by atoms with Crippen molar-refractivity contribution in [3.8, 4) is 5.75 Å². The van der Waals surface area contributed by atoms with Crippen molar-refractivity contribution in [2.45, 2.75) is 64.4 Å². The molecular formula is C16H26OSi. The van der Waals surface area contributed by atoms with E-state index in [0.717, 1.165) is 12.2 Å². The van der Waals surface area contributed by atoms with Gasteiger partial charge in [-0.1, -0.05) is 52.5 Å². The number of benzene rings is 1. The molecule has 1 unspecified atom stereocenters. The molecule has 0 N–H and O–H groups in total. The fourth-order valence-electron chi connectivity index (χ4n) is 2.58. The number of ether oxygens (including phenoxy) is 1. The molecule has 0 bridgehead atoms. The van der Waals surface area contributed by atoms with Crippen LogP contribution in [0.4, 0.5) is 0 Å². The minimum Gasteiger partial charge on any atom is -0.490 e. The van der Waals surface area contributed by atoms with E-state index in [1.807, 2.05) is 0 Å². The lowest BCUT2D eigenvalue weighted by molar-refractivity contribution is 0.252. The van der Waals surface area contributed by atoms with Gasteiger partial charge in [0.1, 0.15) is 11.9 Å².